The zero-order valence-corrected chi connectivity index (χ0v) is 9.66. The van der Waals surface area contributed by atoms with Crippen molar-refractivity contribution >= 4 is 5.97 Å². The second kappa shape index (κ2) is 5.18. The average molecular weight is 245 g/mol. The third kappa shape index (κ3) is 2.40. The Labute approximate surface area is 104 Å². The molecule has 2 aromatic rings. The standard InChI is InChI=1S/C13H11NO4/c1-17-11-4-2-3-10(13(15)16)12(11)18-9-5-7-14-8-6-9/h2-8H,1H3,(H,15,16). The molecular formula is C13H11NO4. The quantitative estimate of drug-likeness (QED) is 0.896. The van der Waals surface area contributed by atoms with Crippen LogP contribution in [0.3, 0.4) is 0 Å². The number of rotatable bonds is 4. The van der Waals surface area contributed by atoms with Crippen molar-refractivity contribution in [3.63, 3.8) is 0 Å². The first-order valence-corrected chi connectivity index (χ1v) is 5.20. The predicted molar refractivity (Wildman–Crippen MR) is 64.3 cm³/mol. The van der Waals surface area contributed by atoms with Gasteiger partial charge in [0.25, 0.3) is 0 Å². The van der Waals surface area contributed by atoms with E-state index in [0.717, 1.165) is 0 Å². The number of methoxy groups -OCH3 is 1. The van der Waals surface area contributed by atoms with Crippen molar-refractivity contribution in [3.8, 4) is 17.2 Å². The molecule has 0 aliphatic heterocycles. The summed E-state index contributed by atoms with van der Waals surface area (Å²) in [6, 6.07) is 7.97. The number of carbonyl (C=O) groups is 1. The highest BCUT2D eigenvalue weighted by Gasteiger charge is 2.16. The summed E-state index contributed by atoms with van der Waals surface area (Å²) in [6.07, 6.45) is 3.12. The van der Waals surface area contributed by atoms with Crippen LogP contribution in [0.2, 0.25) is 0 Å². The Balaban J connectivity index is 2.44. The first-order valence-electron chi connectivity index (χ1n) is 5.20. The molecule has 92 valence electrons. The number of aromatic nitrogens is 1. The molecule has 0 amide bonds. The molecule has 0 unspecified atom stereocenters. The summed E-state index contributed by atoms with van der Waals surface area (Å²) < 4.78 is 10.7. The highest BCUT2D eigenvalue weighted by atomic mass is 16.5. The lowest BCUT2D eigenvalue weighted by Gasteiger charge is -2.12. The Morgan fingerprint density at radius 1 is 1.22 bits per heavy atom. The fraction of sp³-hybridized carbons (Fsp3) is 0.0769. The van der Waals surface area contributed by atoms with Crippen LogP contribution in [0, 0.1) is 0 Å². The molecular weight excluding hydrogens is 234 g/mol. The lowest BCUT2D eigenvalue weighted by atomic mass is 10.2. The van der Waals surface area contributed by atoms with Crippen LogP contribution in [0.5, 0.6) is 17.2 Å². The lowest BCUT2D eigenvalue weighted by molar-refractivity contribution is 0.0693. The number of carboxylic acids is 1. The molecule has 2 rings (SSSR count). The van der Waals surface area contributed by atoms with E-state index < -0.39 is 5.97 Å². The third-order valence-electron chi connectivity index (χ3n) is 2.30. The maximum Gasteiger partial charge on any atom is 0.339 e. The summed E-state index contributed by atoms with van der Waals surface area (Å²) in [5.74, 6) is -0.0274. The fourth-order valence-corrected chi connectivity index (χ4v) is 1.47. The topological polar surface area (TPSA) is 68.7 Å². The minimum atomic E-state index is -1.07. The Morgan fingerprint density at radius 2 is 1.94 bits per heavy atom. The number of hydrogen-bond donors (Lipinski definition) is 1. The molecule has 0 radical (unpaired) electrons. The maximum atomic E-state index is 11.1. The van der Waals surface area contributed by atoms with Crippen molar-refractivity contribution in [1.82, 2.24) is 4.98 Å². The van der Waals surface area contributed by atoms with E-state index in [2.05, 4.69) is 4.98 Å². The van der Waals surface area contributed by atoms with Gasteiger partial charge in [-0.15, -0.1) is 0 Å². The van der Waals surface area contributed by atoms with Gasteiger partial charge in [0.1, 0.15) is 11.3 Å². The SMILES string of the molecule is COc1cccc(C(=O)O)c1Oc1ccncc1. The second-order valence-electron chi connectivity index (χ2n) is 3.43. The van der Waals surface area contributed by atoms with Gasteiger partial charge in [0.05, 0.1) is 7.11 Å². The first kappa shape index (κ1) is 11.9. The smallest absolute Gasteiger partial charge is 0.339 e. The average Bonchev–Trinajstić information content (AvgIpc) is 2.40. The van der Waals surface area contributed by atoms with Crippen molar-refractivity contribution < 1.29 is 19.4 Å². The summed E-state index contributed by atoms with van der Waals surface area (Å²) >= 11 is 0. The van der Waals surface area contributed by atoms with E-state index in [4.69, 9.17) is 14.6 Å². The van der Waals surface area contributed by atoms with Crippen molar-refractivity contribution in [1.29, 1.82) is 0 Å². The monoisotopic (exact) mass is 245 g/mol. The van der Waals surface area contributed by atoms with Gasteiger partial charge in [0.2, 0.25) is 0 Å². The molecule has 0 aliphatic carbocycles. The van der Waals surface area contributed by atoms with Crippen molar-refractivity contribution in [2.75, 3.05) is 7.11 Å². The van der Waals surface area contributed by atoms with E-state index in [1.165, 1.54) is 13.2 Å². The molecule has 5 nitrogen and oxygen atoms in total. The largest absolute Gasteiger partial charge is 0.493 e. The first-order chi connectivity index (χ1) is 8.72. The summed E-state index contributed by atoms with van der Waals surface area (Å²) in [6.45, 7) is 0. The molecule has 0 saturated heterocycles. The van der Waals surface area contributed by atoms with Gasteiger partial charge in [-0.3, -0.25) is 4.98 Å². The molecule has 5 heteroatoms. The lowest BCUT2D eigenvalue weighted by Crippen LogP contribution is -2.01. The number of nitrogens with zero attached hydrogens (tertiary/aromatic N) is 1. The molecule has 1 aromatic heterocycles. The van der Waals surface area contributed by atoms with Gasteiger partial charge in [-0.25, -0.2) is 4.79 Å². The molecule has 1 N–H and O–H groups in total. The van der Waals surface area contributed by atoms with E-state index in [0.29, 0.717) is 11.5 Å². The highest BCUT2D eigenvalue weighted by Crippen LogP contribution is 2.34. The Kier molecular flexibility index (Phi) is 3.43. The Bertz CT molecular complexity index is 554. The molecule has 1 aromatic carbocycles. The zero-order chi connectivity index (χ0) is 13.0. The molecule has 0 bridgehead atoms. The van der Waals surface area contributed by atoms with Crippen LogP contribution in [0.4, 0.5) is 0 Å². The van der Waals surface area contributed by atoms with Crippen molar-refractivity contribution in [2.24, 2.45) is 0 Å². The third-order valence-corrected chi connectivity index (χ3v) is 2.30. The maximum absolute atomic E-state index is 11.1. The molecule has 1 heterocycles. The molecule has 0 spiro atoms. The van der Waals surface area contributed by atoms with Crippen molar-refractivity contribution in [2.45, 2.75) is 0 Å². The van der Waals surface area contributed by atoms with E-state index in [9.17, 15) is 4.79 Å². The van der Waals surface area contributed by atoms with Gasteiger partial charge < -0.3 is 14.6 Å². The van der Waals surface area contributed by atoms with Crippen molar-refractivity contribution in [3.05, 3.63) is 48.3 Å². The molecule has 0 saturated carbocycles. The number of ether oxygens (including phenoxy) is 2. The van der Waals surface area contributed by atoms with Crippen LogP contribution in [-0.4, -0.2) is 23.2 Å². The molecule has 18 heavy (non-hydrogen) atoms. The van der Waals surface area contributed by atoms with E-state index in [1.54, 1.807) is 36.7 Å². The zero-order valence-electron chi connectivity index (χ0n) is 9.66. The van der Waals surface area contributed by atoms with Gasteiger partial charge in [0.15, 0.2) is 11.5 Å². The molecule has 0 aliphatic rings. The van der Waals surface area contributed by atoms with Crippen LogP contribution in [-0.2, 0) is 0 Å². The number of para-hydroxylation sites is 1. The summed E-state index contributed by atoms with van der Waals surface area (Å²) in [5, 5.41) is 9.12. The normalized spacial score (nSPS) is 9.83. The van der Waals surface area contributed by atoms with Gasteiger partial charge in [-0.1, -0.05) is 6.07 Å². The fourth-order valence-electron chi connectivity index (χ4n) is 1.47. The number of hydrogen-bond acceptors (Lipinski definition) is 4. The minimum Gasteiger partial charge on any atom is -0.493 e. The van der Waals surface area contributed by atoms with Gasteiger partial charge >= 0.3 is 5.97 Å². The van der Waals surface area contributed by atoms with Crippen LogP contribution in [0.15, 0.2) is 42.7 Å². The Morgan fingerprint density at radius 3 is 2.56 bits per heavy atom. The summed E-state index contributed by atoms with van der Waals surface area (Å²) in [4.78, 5) is 15.0. The number of aromatic carboxylic acids is 1. The number of benzene rings is 1. The number of pyridine rings is 1. The highest BCUT2D eigenvalue weighted by molar-refractivity contribution is 5.92. The van der Waals surface area contributed by atoms with Crippen LogP contribution in [0.25, 0.3) is 0 Å². The van der Waals surface area contributed by atoms with Gasteiger partial charge in [0, 0.05) is 12.4 Å². The summed E-state index contributed by atoms with van der Waals surface area (Å²) in [7, 11) is 1.46. The Hall–Kier alpha value is -2.56. The van der Waals surface area contributed by atoms with E-state index >= 15 is 0 Å². The predicted octanol–water partition coefficient (Wildman–Crippen LogP) is 2.58. The molecule has 0 fully saturated rings. The number of carboxylic acid groups (broad SMARTS) is 1. The summed E-state index contributed by atoms with van der Waals surface area (Å²) in [5.41, 5.74) is 0.0474. The van der Waals surface area contributed by atoms with Gasteiger partial charge in [-0.05, 0) is 24.3 Å². The van der Waals surface area contributed by atoms with E-state index in [-0.39, 0.29) is 11.3 Å². The van der Waals surface area contributed by atoms with Gasteiger partial charge in [-0.2, -0.15) is 0 Å². The second-order valence-corrected chi connectivity index (χ2v) is 3.43. The van der Waals surface area contributed by atoms with Crippen LogP contribution in [0.1, 0.15) is 10.4 Å². The van der Waals surface area contributed by atoms with Crippen LogP contribution >= 0.6 is 0 Å². The van der Waals surface area contributed by atoms with Crippen LogP contribution < -0.4 is 9.47 Å². The molecule has 0 atom stereocenters. The van der Waals surface area contributed by atoms with E-state index in [1.807, 2.05) is 0 Å². The minimum absolute atomic E-state index is 0.0474.